The summed E-state index contributed by atoms with van der Waals surface area (Å²) >= 11 is 0. The van der Waals surface area contributed by atoms with Crippen molar-refractivity contribution in [1.29, 1.82) is 0 Å². The molecule has 0 atom stereocenters. The molecule has 0 unspecified atom stereocenters. The van der Waals surface area contributed by atoms with E-state index in [0.29, 0.717) is 12.0 Å². The van der Waals surface area contributed by atoms with E-state index in [-0.39, 0.29) is 11.6 Å². The number of aromatic nitrogens is 2. The number of hydrogen-bond acceptors (Lipinski definition) is 2. The molecule has 0 radical (unpaired) electrons. The molecule has 1 heterocycles. The Balaban J connectivity index is 2.08. The van der Waals surface area contributed by atoms with Crippen LogP contribution in [0.2, 0.25) is 0 Å². The van der Waals surface area contributed by atoms with Gasteiger partial charge in [0.15, 0.2) is 5.78 Å². The molecule has 2 aromatic rings. The smallest absolute Gasteiger partial charge is 0.167 e. The van der Waals surface area contributed by atoms with Crippen LogP contribution in [0, 0.1) is 5.82 Å². The first kappa shape index (κ1) is 11.5. The minimum Gasteiger partial charge on any atom is -0.294 e. The Kier molecular flexibility index (Phi) is 3.32. The summed E-state index contributed by atoms with van der Waals surface area (Å²) in [7, 11) is 0. The Morgan fingerprint density at radius 2 is 2.06 bits per heavy atom. The first-order valence-electron chi connectivity index (χ1n) is 5.49. The van der Waals surface area contributed by atoms with Crippen LogP contribution < -0.4 is 0 Å². The second-order valence-electron chi connectivity index (χ2n) is 3.81. The Morgan fingerprint density at radius 1 is 1.35 bits per heavy atom. The van der Waals surface area contributed by atoms with E-state index in [0.717, 1.165) is 12.1 Å². The van der Waals surface area contributed by atoms with Gasteiger partial charge in [-0.05, 0) is 36.8 Å². The summed E-state index contributed by atoms with van der Waals surface area (Å²) in [5.74, 6) is -0.360. The van der Waals surface area contributed by atoms with Crippen molar-refractivity contribution in [1.82, 2.24) is 9.78 Å². The minimum atomic E-state index is -0.333. The zero-order valence-electron chi connectivity index (χ0n) is 9.56. The van der Waals surface area contributed by atoms with E-state index < -0.39 is 0 Å². The molecular formula is C13H13FN2O. The van der Waals surface area contributed by atoms with Crippen LogP contribution in [0.25, 0.3) is 0 Å². The van der Waals surface area contributed by atoms with Crippen molar-refractivity contribution in [3.05, 3.63) is 53.6 Å². The monoisotopic (exact) mass is 232 g/mol. The van der Waals surface area contributed by atoms with E-state index in [4.69, 9.17) is 0 Å². The molecule has 4 heteroatoms. The third-order valence-electron chi connectivity index (χ3n) is 2.54. The standard InChI is InChI=1S/C13H13FN2O/c1-2-16-9-10(8-15-16)7-13(17)11-3-5-12(14)6-4-11/h3-6,8-9H,2,7H2,1H3. The topological polar surface area (TPSA) is 34.9 Å². The van der Waals surface area contributed by atoms with Gasteiger partial charge in [-0.25, -0.2) is 4.39 Å². The number of hydrogen-bond donors (Lipinski definition) is 0. The maximum atomic E-state index is 12.7. The van der Waals surface area contributed by atoms with E-state index in [1.807, 2.05) is 13.1 Å². The van der Waals surface area contributed by atoms with Crippen LogP contribution in [-0.4, -0.2) is 15.6 Å². The Labute approximate surface area is 98.9 Å². The van der Waals surface area contributed by atoms with Crippen molar-refractivity contribution < 1.29 is 9.18 Å². The van der Waals surface area contributed by atoms with E-state index in [9.17, 15) is 9.18 Å². The number of rotatable bonds is 4. The molecule has 0 aliphatic rings. The van der Waals surface area contributed by atoms with Crippen LogP contribution in [0.4, 0.5) is 4.39 Å². The van der Waals surface area contributed by atoms with Crippen LogP contribution in [0.15, 0.2) is 36.7 Å². The van der Waals surface area contributed by atoms with E-state index in [1.54, 1.807) is 10.9 Å². The molecule has 0 N–H and O–H groups in total. The molecule has 0 bridgehead atoms. The number of Topliss-reactive ketones (excluding diaryl/α,β-unsaturated/α-hetero) is 1. The van der Waals surface area contributed by atoms with E-state index in [1.165, 1.54) is 24.3 Å². The highest BCUT2D eigenvalue weighted by Gasteiger charge is 2.08. The number of carbonyl (C=O) groups is 1. The van der Waals surface area contributed by atoms with Crippen LogP contribution in [0.3, 0.4) is 0 Å². The van der Waals surface area contributed by atoms with Gasteiger partial charge in [0.2, 0.25) is 0 Å². The summed E-state index contributed by atoms with van der Waals surface area (Å²) in [6.45, 7) is 2.77. The first-order chi connectivity index (χ1) is 8.19. The lowest BCUT2D eigenvalue weighted by Crippen LogP contribution is -2.02. The predicted molar refractivity (Wildman–Crippen MR) is 62.3 cm³/mol. The van der Waals surface area contributed by atoms with Gasteiger partial charge in [0.05, 0.1) is 6.20 Å². The fourth-order valence-electron chi connectivity index (χ4n) is 1.59. The molecule has 0 aliphatic carbocycles. The molecule has 1 aromatic heterocycles. The summed E-state index contributed by atoms with van der Waals surface area (Å²) in [4.78, 5) is 11.9. The van der Waals surface area contributed by atoms with Gasteiger partial charge in [0.25, 0.3) is 0 Å². The lowest BCUT2D eigenvalue weighted by atomic mass is 10.1. The molecule has 0 saturated carbocycles. The van der Waals surface area contributed by atoms with Gasteiger partial charge in [0, 0.05) is 24.7 Å². The summed E-state index contributed by atoms with van der Waals surface area (Å²) in [6.07, 6.45) is 3.83. The van der Waals surface area contributed by atoms with Gasteiger partial charge in [-0.2, -0.15) is 5.10 Å². The molecule has 0 aliphatic heterocycles. The molecule has 0 spiro atoms. The highest BCUT2D eigenvalue weighted by Crippen LogP contribution is 2.08. The summed E-state index contributed by atoms with van der Waals surface area (Å²) < 4.78 is 14.5. The first-order valence-corrected chi connectivity index (χ1v) is 5.49. The Bertz CT molecular complexity index is 516. The van der Waals surface area contributed by atoms with E-state index in [2.05, 4.69) is 5.10 Å². The van der Waals surface area contributed by atoms with Gasteiger partial charge in [-0.1, -0.05) is 0 Å². The predicted octanol–water partition coefficient (Wildman–Crippen LogP) is 2.47. The number of ketones is 1. The number of nitrogens with zero attached hydrogens (tertiary/aromatic N) is 2. The zero-order valence-corrected chi connectivity index (χ0v) is 9.56. The van der Waals surface area contributed by atoms with Gasteiger partial charge < -0.3 is 0 Å². The van der Waals surface area contributed by atoms with Gasteiger partial charge in [-0.3, -0.25) is 9.48 Å². The molecule has 17 heavy (non-hydrogen) atoms. The average Bonchev–Trinajstić information content (AvgIpc) is 2.77. The maximum absolute atomic E-state index is 12.7. The van der Waals surface area contributed by atoms with Crippen molar-refractivity contribution in [2.45, 2.75) is 19.9 Å². The highest BCUT2D eigenvalue weighted by atomic mass is 19.1. The molecule has 3 nitrogen and oxygen atoms in total. The second-order valence-corrected chi connectivity index (χ2v) is 3.81. The van der Waals surface area contributed by atoms with Gasteiger partial charge >= 0.3 is 0 Å². The van der Waals surface area contributed by atoms with Crippen LogP contribution in [-0.2, 0) is 13.0 Å². The second kappa shape index (κ2) is 4.91. The third-order valence-corrected chi connectivity index (χ3v) is 2.54. The lowest BCUT2D eigenvalue weighted by Gasteiger charge is -1.98. The number of aryl methyl sites for hydroxylation is 1. The highest BCUT2D eigenvalue weighted by molar-refractivity contribution is 5.97. The fourth-order valence-corrected chi connectivity index (χ4v) is 1.59. The van der Waals surface area contributed by atoms with Crippen molar-refractivity contribution in [2.24, 2.45) is 0 Å². The molecular weight excluding hydrogens is 219 g/mol. The number of benzene rings is 1. The van der Waals surface area contributed by atoms with Crippen molar-refractivity contribution in [3.63, 3.8) is 0 Å². The SMILES string of the molecule is CCn1cc(CC(=O)c2ccc(F)cc2)cn1. The third kappa shape index (κ3) is 2.78. The van der Waals surface area contributed by atoms with Crippen molar-refractivity contribution in [2.75, 3.05) is 0 Å². The van der Waals surface area contributed by atoms with Crippen LogP contribution >= 0.6 is 0 Å². The fraction of sp³-hybridized carbons (Fsp3) is 0.231. The lowest BCUT2D eigenvalue weighted by molar-refractivity contribution is 0.0993. The zero-order chi connectivity index (χ0) is 12.3. The molecule has 0 saturated heterocycles. The molecule has 0 amide bonds. The van der Waals surface area contributed by atoms with Crippen LogP contribution in [0.1, 0.15) is 22.8 Å². The quantitative estimate of drug-likeness (QED) is 0.759. The van der Waals surface area contributed by atoms with Crippen molar-refractivity contribution >= 4 is 5.78 Å². The Morgan fingerprint density at radius 3 is 2.65 bits per heavy atom. The Hall–Kier alpha value is -1.97. The van der Waals surface area contributed by atoms with Gasteiger partial charge in [-0.15, -0.1) is 0 Å². The summed E-state index contributed by atoms with van der Waals surface area (Å²) in [5.41, 5.74) is 1.40. The molecule has 2 rings (SSSR count). The molecule has 88 valence electrons. The summed E-state index contributed by atoms with van der Waals surface area (Å²) in [5, 5.41) is 4.10. The maximum Gasteiger partial charge on any atom is 0.167 e. The molecule has 0 fully saturated rings. The van der Waals surface area contributed by atoms with Gasteiger partial charge in [0.1, 0.15) is 5.82 Å². The minimum absolute atomic E-state index is 0.0272. The van der Waals surface area contributed by atoms with E-state index >= 15 is 0 Å². The summed E-state index contributed by atoms with van der Waals surface area (Å²) in [6, 6.07) is 5.59. The number of halogens is 1. The average molecular weight is 232 g/mol. The number of carbonyl (C=O) groups excluding carboxylic acids is 1. The van der Waals surface area contributed by atoms with Crippen molar-refractivity contribution in [3.8, 4) is 0 Å². The molecule has 1 aromatic carbocycles. The normalized spacial score (nSPS) is 10.5. The van der Waals surface area contributed by atoms with Crippen LogP contribution in [0.5, 0.6) is 0 Å². The largest absolute Gasteiger partial charge is 0.294 e.